The van der Waals surface area contributed by atoms with Crippen molar-refractivity contribution in [3.63, 3.8) is 0 Å². The fourth-order valence-corrected chi connectivity index (χ4v) is 1.99. The predicted molar refractivity (Wildman–Crippen MR) is 69.0 cm³/mol. The van der Waals surface area contributed by atoms with E-state index in [0.717, 1.165) is 6.42 Å². The Bertz CT molecular complexity index is 491. The van der Waals surface area contributed by atoms with Crippen LogP contribution in [0, 0.1) is 0 Å². The van der Waals surface area contributed by atoms with Crippen LogP contribution in [0.1, 0.15) is 39.2 Å². The molecule has 1 aromatic rings. The molecule has 7 nitrogen and oxygen atoms in total. The Morgan fingerprint density at radius 3 is 2.58 bits per heavy atom. The number of hydrogen-bond donors (Lipinski definition) is 3. The molecular weight excluding hydrogens is 248 g/mol. The first-order valence-electron chi connectivity index (χ1n) is 6.30. The van der Waals surface area contributed by atoms with Crippen molar-refractivity contribution in [2.75, 3.05) is 5.32 Å². The Morgan fingerprint density at radius 1 is 1.47 bits per heavy atom. The number of amides is 2. The van der Waals surface area contributed by atoms with Crippen molar-refractivity contribution in [1.29, 1.82) is 0 Å². The molecule has 0 aliphatic heterocycles. The van der Waals surface area contributed by atoms with Crippen LogP contribution in [-0.4, -0.2) is 32.4 Å². The van der Waals surface area contributed by atoms with Gasteiger partial charge in [-0.15, -0.1) is 0 Å². The molecule has 19 heavy (non-hydrogen) atoms. The van der Waals surface area contributed by atoms with Gasteiger partial charge in [-0.25, -0.2) is 9.59 Å². The second kappa shape index (κ2) is 4.91. The van der Waals surface area contributed by atoms with Gasteiger partial charge in [0.25, 0.3) is 0 Å². The van der Waals surface area contributed by atoms with Crippen LogP contribution in [0.2, 0.25) is 0 Å². The van der Waals surface area contributed by atoms with Gasteiger partial charge in [-0.05, 0) is 33.1 Å². The molecule has 0 spiro atoms. The summed E-state index contributed by atoms with van der Waals surface area (Å²) in [5.74, 6) is -0.980. The Morgan fingerprint density at radius 2 is 2.16 bits per heavy atom. The summed E-state index contributed by atoms with van der Waals surface area (Å²) in [6, 6.07) is -0.305. The summed E-state index contributed by atoms with van der Waals surface area (Å²) in [4.78, 5) is 22.9. The highest BCUT2D eigenvalue weighted by Gasteiger charge is 2.45. The molecule has 1 saturated carbocycles. The molecule has 1 aromatic heterocycles. The lowest BCUT2D eigenvalue weighted by Crippen LogP contribution is -2.60. The minimum absolute atomic E-state index is 0.204. The third-order valence-electron chi connectivity index (χ3n) is 3.36. The quantitative estimate of drug-likeness (QED) is 0.771. The van der Waals surface area contributed by atoms with Gasteiger partial charge >= 0.3 is 12.0 Å². The summed E-state index contributed by atoms with van der Waals surface area (Å²) in [5.41, 5.74) is -0.552. The molecule has 0 saturated heterocycles. The number of urea groups is 1. The zero-order valence-corrected chi connectivity index (χ0v) is 11.0. The van der Waals surface area contributed by atoms with Gasteiger partial charge in [0.1, 0.15) is 5.54 Å². The summed E-state index contributed by atoms with van der Waals surface area (Å²) < 4.78 is 1.71. The second-order valence-electron chi connectivity index (χ2n) is 5.12. The molecule has 1 aliphatic carbocycles. The molecular formula is C12H18N4O3. The molecule has 0 atom stereocenters. The lowest BCUT2D eigenvalue weighted by Gasteiger charge is -2.37. The van der Waals surface area contributed by atoms with Crippen molar-refractivity contribution in [2.45, 2.75) is 44.7 Å². The molecule has 7 heteroatoms. The monoisotopic (exact) mass is 266 g/mol. The summed E-state index contributed by atoms with van der Waals surface area (Å²) >= 11 is 0. The van der Waals surface area contributed by atoms with Gasteiger partial charge in [0.05, 0.1) is 11.9 Å². The molecule has 0 bridgehead atoms. The van der Waals surface area contributed by atoms with Gasteiger partial charge in [0.15, 0.2) is 0 Å². The molecule has 1 fully saturated rings. The van der Waals surface area contributed by atoms with Crippen molar-refractivity contribution in [2.24, 2.45) is 0 Å². The average Bonchev–Trinajstić information content (AvgIpc) is 2.71. The van der Waals surface area contributed by atoms with E-state index in [9.17, 15) is 9.59 Å². The Balaban J connectivity index is 1.95. The number of rotatable bonds is 4. The number of nitrogens with one attached hydrogen (secondary N) is 2. The summed E-state index contributed by atoms with van der Waals surface area (Å²) in [5, 5.41) is 18.3. The van der Waals surface area contributed by atoms with Crippen LogP contribution in [0.5, 0.6) is 0 Å². The lowest BCUT2D eigenvalue weighted by atomic mass is 9.77. The fourth-order valence-electron chi connectivity index (χ4n) is 1.99. The van der Waals surface area contributed by atoms with Crippen LogP contribution >= 0.6 is 0 Å². The Kier molecular flexibility index (Phi) is 3.46. The average molecular weight is 266 g/mol. The molecule has 1 aliphatic rings. The third-order valence-corrected chi connectivity index (χ3v) is 3.36. The van der Waals surface area contributed by atoms with Crippen molar-refractivity contribution >= 4 is 17.7 Å². The van der Waals surface area contributed by atoms with Gasteiger partial charge in [-0.3, -0.25) is 4.68 Å². The van der Waals surface area contributed by atoms with E-state index in [1.807, 2.05) is 13.8 Å². The maximum atomic E-state index is 11.8. The van der Waals surface area contributed by atoms with E-state index >= 15 is 0 Å². The molecule has 104 valence electrons. The van der Waals surface area contributed by atoms with Gasteiger partial charge in [0, 0.05) is 12.2 Å². The van der Waals surface area contributed by atoms with Crippen molar-refractivity contribution in [1.82, 2.24) is 15.1 Å². The number of aliphatic carboxylic acids is 1. The molecule has 3 N–H and O–H groups in total. The summed E-state index contributed by atoms with van der Waals surface area (Å²) in [6.45, 7) is 3.95. The fraction of sp³-hybridized carbons (Fsp3) is 0.583. The summed E-state index contributed by atoms with van der Waals surface area (Å²) in [7, 11) is 0. The maximum Gasteiger partial charge on any atom is 0.329 e. The highest BCUT2D eigenvalue weighted by molar-refractivity contribution is 5.94. The topological polar surface area (TPSA) is 96.2 Å². The first-order chi connectivity index (χ1) is 8.93. The normalized spacial score (nSPS) is 16.8. The number of carbonyl (C=O) groups is 2. The van der Waals surface area contributed by atoms with Crippen LogP contribution in [0.3, 0.4) is 0 Å². The number of hydrogen-bond acceptors (Lipinski definition) is 3. The molecule has 1 heterocycles. The van der Waals surface area contributed by atoms with Crippen LogP contribution in [0.25, 0.3) is 0 Å². The van der Waals surface area contributed by atoms with Gasteiger partial charge in [0.2, 0.25) is 0 Å². The zero-order chi connectivity index (χ0) is 14.0. The van der Waals surface area contributed by atoms with Crippen molar-refractivity contribution in [3.8, 4) is 0 Å². The number of carbonyl (C=O) groups excluding carboxylic acids is 1. The molecule has 0 unspecified atom stereocenters. The van der Waals surface area contributed by atoms with E-state index in [-0.39, 0.29) is 6.04 Å². The van der Waals surface area contributed by atoms with E-state index in [1.54, 1.807) is 10.9 Å². The first-order valence-corrected chi connectivity index (χ1v) is 6.30. The van der Waals surface area contributed by atoms with Crippen molar-refractivity contribution in [3.05, 3.63) is 12.4 Å². The van der Waals surface area contributed by atoms with Crippen LogP contribution in [-0.2, 0) is 4.79 Å². The molecule has 0 aromatic carbocycles. The first kappa shape index (κ1) is 13.4. The second-order valence-corrected chi connectivity index (χ2v) is 5.12. The standard InChI is InChI=1S/C12H18N4O3/c1-8(2)16-7-9(6-13-16)14-11(19)15-12(10(17)18)4-3-5-12/h6-8H,3-5H2,1-2H3,(H,17,18)(H2,14,15,19). The minimum Gasteiger partial charge on any atom is -0.480 e. The molecule has 0 radical (unpaired) electrons. The largest absolute Gasteiger partial charge is 0.480 e. The Labute approximate surface area is 111 Å². The highest BCUT2D eigenvalue weighted by atomic mass is 16.4. The number of carboxylic acid groups (broad SMARTS) is 1. The number of nitrogens with zero attached hydrogens (tertiary/aromatic N) is 2. The van der Waals surface area contributed by atoms with Crippen LogP contribution in [0.15, 0.2) is 12.4 Å². The van der Waals surface area contributed by atoms with E-state index in [2.05, 4.69) is 15.7 Å². The number of anilines is 1. The van der Waals surface area contributed by atoms with E-state index in [1.165, 1.54) is 6.20 Å². The number of carboxylic acids is 1. The van der Waals surface area contributed by atoms with E-state index < -0.39 is 17.5 Å². The lowest BCUT2D eigenvalue weighted by molar-refractivity contribution is -0.148. The van der Waals surface area contributed by atoms with Gasteiger partial charge < -0.3 is 15.7 Å². The van der Waals surface area contributed by atoms with Gasteiger partial charge in [-0.2, -0.15) is 5.10 Å². The third kappa shape index (κ3) is 2.69. The highest BCUT2D eigenvalue weighted by Crippen LogP contribution is 2.32. The van der Waals surface area contributed by atoms with Crippen molar-refractivity contribution < 1.29 is 14.7 Å². The zero-order valence-electron chi connectivity index (χ0n) is 11.0. The van der Waals surface area contributed by atoms with Gasteiger partial charge in [-0.1, -0.05) is 0 Å². The molecule has 2 amide bonds. The Hall–Kier alpha value is -2.05. The number of aromatic nitrogens is 2. The summed E-state index contributed by atoms with van der Waals surface area (Å²) in [6.07, 6.45) is 5.01. The smallest absolute Gasteiger partial charge is 0.329 e. The maximum absolute atomic E-state index is 11.8. The van der Waals surface area contributed by atoms with E-state index in [0.29, 0.717) is 18.5 Å². The molecule has 2 rings (SSSR count). The predicted octanol–water partition coefficient (Wildman–Crippen LogP) is 1.59. The minimum atomic E-state index is -1.10. The van der Waals surface area contributed by atoms with Crippen LogP contribution < -0.4 is 10.6 Å². The van der Waals surface area contributed by atoms with E-state index in [4.69, 9.17) is 5.11 Å². The SMILES string of the molecule is CC(C)n1cc(NC(=O)NC2(C(=O)O)CCC2)cn1. The van der Waals surface area contributed by atoms with Crippen LogP contribution in [0.4, 0.5) is 10.5 Å².